The van der Waals surface area contributed by atoms with Crippen LogP contribution < -0.4 is 26.2 Å². The Kier molecular flexibility index (Phi) is 12.4. The second kappa shape index (κ2) is 23.7. The first kappa shape index (κ1) is 52.8. The fourth-order valence-corrected chi connectivity index (χ4v) is 16.1. The second-order valence-electron chi connectivity index (χ2n) is 26.0. The quantitative estimate of drug-likeness (QED) is 0.121. The normalized spacial score (nSPS) is 13.0. The summed E-state index contributed by atoms with van der Waals surface area (Å²) in [6.07, 6.45) is 7.85. The van der Waals surface area contributed by atoms with Gasteiger partial charge in [-0.2, -0.15) is 0 Å². The van der Waals surface area contributed by atoms with E-state index in [-0.39, 0.29) is 17.6 Å². The van der Waals surface area contributed by atoms with Gasteiger partial charge in [0, 0.05) is 103 Å². The molecule has 14 aromatic carbocycles. The lowest BCUT2D eigenvalue weighted by atomic mass is 9.33. The summed E-state index contributed by atoms with van der Waals surface area (Å²) in [4.78, 5) is 15.1. The number of para-hydroxylation sites is 2. The molecule has 6 nitrogen and oxygen atoms in total. The highest BCUT2D eigenvalue weighted by atomic mass is 15.2. The lowest BCUT2D eigenvalue weighted by Crippen LogP contribution is -2.61. The topological polar surface area (TPSA) is 42.1 Å². The monoisotopic (exact) mass is 1290 g/mol. The van der Waals surface area contributed by atoms with Crippen molar-refractivity contribution in [1.29, 1.82) is 0 Å². The molecule has 7 heteroatoms. The standard InChI is InChI=1S/C94H61BN6/c1-8-26-62(27-9-1)69-44-50-86-76(52-69)74-40-22-24-42-84(74)98(86)72-46-48-82-88(56-72)100(93-78(65-32-14-4-15-33-65)58-96-59-79(93)66-34-16-5-17-35-66)90-54-71(64-30-12-3-13-31-64)55-91-92(90)95(82)83-49-47-73(99-85-43-25-23-41-75(85)77-53-70(45-51-87(77)99)63-28-10-2-11-29-63)57-89(83)101(91)94-80(67-36-18-6-19-37-67)60-97-61-81(94)68-38-20-7-21-39-68/h1-61H/i3D,12D,13D,30D,31D. The lowest BCUT2D eigenvalue weighted by Gasteiger charge is -2.46. The number of nitrogens with zero attached hydrogens (tertiary/aromatic N) is 6. The minimum absolute atomic E-state index is 0.0727. The highest BCUT2D eigenvalue weighted by Crippen LogP contribution is 2.54. The van der Waals surface area contributed by atoms with Gasteiger partial charge in [-0.1, -0.05) is 273 Å². The molecule has 0 spiro atoms. The Labute approximate surface area is 593 Å². The van der Waals surface area contributed by atoms with Crippen LogP contribution in [-0.4, -0.2) is 25.8 Å². The second-order valence-corrected chi connectivity index (χ2v) is 26.0. The molecular formula is C94H61BN6. The van der Waals surface area contributed by atoms with Gasteiger partial charge in [0.05, 0.1) is 40.3 Å². The van der Waals surface area contributed by atoms with Crippen molar-refractivity contribution in [3.8, 4) is 89.3 Å². The Morgan fingerprint density at radius 3 is 0.990 bits per heavy atom. The van der Waals surface area contributed by atoms with Crippen LogP contribution in [-0.2, 0) is 0 Å². The van der Waals surface area contributed by atoms with Crippen LogP contribution in [0.3, 0.4) is 0 Å². The van der Waals surface area contributed by atoms with Gasteiger partial charge in [0.15, 0.2) is 0 Å². The lowest BCUT2D eigenvalue weighted by molar-refractivity contribution is 1.16. The molecule has 4 aromatic heterocycles. The van der Waals surface area contributed by atoms with Gasteiger partial charge in [0.25, 0.3) is 6.71 Å². The third-order valence-corrected chi connectivity index (χ3v) is 20.5. The number of anilines is 6. The molecule has 20 rings (SSSR count). The zero-order valence-electron chi connectivity index (χ0n) is 59.6. The van der Waals surface area contributed by atoms with Crippen molar-refractivity contribution in [2.24, 2.45) is 0 Å². The predicted octanol–water partition coefficient (Wildman–Crippen LogP) is 22.4. The number of fused-ring (bicyclic) bond motifs is 10. The van der Waals surface area contributed by atoms with E-state index < -0.39 is 24.8 Å². The maximum Gasteiger partial charge on any atom is 0.252 e. The van der Waals surface area contributed by atoms with Crippen LogP contribution >= 0.6 is 0 Å². The van der Waals surface area contributed by atoms with Gasteiger partial charge in [-0.15, -0.1) is 0 Å². The highest BCUT2D eigenvalue weighted by molar-refractivity contribution is 7.00. The average Bonchev–Trinajstić information content (AvgIpc) is 1.05. The van der Waals surface area contributed by atoms with E-state index in [0.29, 0.717) is 5.56 Å². The molecule has 470 valence electrons. The van der Waals surface area contributed by atoms with Crippen LogP contribution in [0.4, 0.5) is 34.1 Å². The summed E-state index contributed by atoms with van der Waals surface area (Å²) in [5, 5.41) is 4.48. The van der Waals surface area contributed by atoms with Crippen molar-refractivity contribution < 1.29 is 6.85 Å². The molecule has 0 radical (unpaired) electrons. The number of aromatic nitrogens is 4. The van der Waals surface area contributed by atoms with Gasteiger partial charge in [-0.25, -0.2) is 0 Å². The largest absolute Gasteiger partial charge is 0.310 e. The summed E-state index contributed by atoms with van der Waals surface area (Å²) in [6, 6.07) is 110. The molecule has 2 aliphatic rings. The number of hydrogen-bond acceptors (Lipinski definition) is 4. The molecule has 0 saturated carbocycles. The van der Waals surface area contributed by atoms with Gasteiger partial charge < -0.3 is 18.9 Å². The van der Waals surface area contributed by atoms with E-state index in [9.17, 15) is 5.48 Å². The van der Waals surface area contributed by atoms with E-state index in [4.69, 9.17) is 11.3 Å². The van der Waals surface area contributed by atoms with E-state index in [1.165, 1.54) is 0 Å². The van der Waals surface area contributed by atoms with E-state index >= 15 is 0 Å². The summed E-state index contributed by atoms with van der Waals surface area (Å²) in [5.74, 6) is 0. The number of rotatable bonds is 11. The van der Waals surface area contributed by atoms with Crippen molar-refractivity contribution in [1.82, 2.24) is 19.1 Å². The molecule has 6 heterocycles. The molecule has 0 atom stereocenters. The van der Waals surface area contributed by atoms with Crippen molar-refractivity contribution >= 4 is 101 Å². The molecule has 0 saturated heterocycles. The SMILES string of the molecule is [2H]c1c([2H])c([2H])c(-c2cc3c4c(c2)N(c2c(-c5ccccc5)cncc2-c2ccccc2)c2cc(-n5c6ccccc6c6cc(-c7ccccc7)ccc65)ccc2B4c2ccc(-n4c5ccccc5c5cc(-c6ccccc6)ccc54)cc2N3c2c(-c3ccccc3)cncc2-c2ccccc2)c([2H])c1[2H]. The summed E-state index contributed by atoms with van der Waals surface area (Å²) in [6.45, 7) is -0.498. The van der Waals surface area contributed by atoms with Crippen molar-refractivity contribution in [2.75, 3.05) is 9.80 Å². The fourth-order valence-electron chi connectivity index (χ4n) is 16.1. The van der Waals surface area contributed by atoms with Crippen LogP contribution in [0.2, 0.25) is 0 Å². The first-order valence-electron chi connectivity index (χ1n) is 36.7. The zero-order valence-corrected chi connectivity index (χ0v) is 54.6. The Morgan fingerprint density at radius 2 is 0.604 bits per heavy atom. The Bertz CT molecular complexity index is 6090. The maximum absolute atomic E-state index is 10.0. The van der Waals surface area contributed by atoms with Gasteiger partial charge in [0.2, 0.25) is 0 Å². The molecule has 0 unspecified atom stereocenters. The molecule has 0 aliphatic carbocycles. The minimum Gasteiger partial charge on any atom is -0.310 e. The fraction of sp³-hybridized carbons (Fsp3) is 0. The molecule has 0 amide bonds. The summed E-state index contributed by atoms with van der Waals surface area (Å²) in [7, 11) is 0. The van der Waals surface area contributed by atoms with Gasteiger partial charge >= 0.3 is 0 Å². The Hall–Kier alpha value is -13.4. The van der Waals surface area contributed by atoms with Crippen molar-refractivity contribution in [3.63, 3.8) is 0 Å². The first-order chi connectivity index (χ1) is 52.2. The molecule has 0 bridgehead atoms. The summed E-state index contributed by atoms with van der Waals surface area (Å²) >= 11 is 0. The van der Waals surface area contributed by atoms with Crippen LogP contribution in [0.5, 0.6) is 0 Å². The van der Waals surface area contributed by atoms with Crippen molar-refractivity contribution in [3.05, 3.63) is 370 Å². The molecule has 0 N–H and O–H groups in total. The Morgan fingerprint density at radius 1 is 0.257 bits per heavy atom. The molecular weight excluding hydrogens is 1220 g/mol. The zero-order chi connectivity index (χ0) is 70.8. The van der Waals surface area contributed by atoms with Crippen molar-refractivity contribution in [2.45, 2.75) is 0 Å². The average molecular weight is 1290 g/mol. The molecule has 0 fully saturated rings. The van der Waals surface area contributed by atoms with E-state index in [0.717, 1.165) is 172 Å². The van der Waals surface area contributed by atoms with Crippen LogP contribution in [0, 0.1) is 0 Å². The minimum atomic E-state index is -0.498. The van der Waals surface area contributed by atoms with E-state index in [1.807, 2.05) is 49.1 Å². The third kappa shape index (κ3) is 9.42. The third-order valence-electron chi connectivity index (χ3n) is 20.5. The van der Waals surface area contributed by atoms with Gasteiger partial charge in [-0.3, -0.25) is 9.97 Å². The predicted molar refractivity (Wildman–Crippen MR) is 423 cm³/mol. The van der Waals surface area contributed by atoms with Crippen LogP contribution in [0.1, 0.15) is 6.85 Å². The smallest absolute Gasteiger partial charge is 0.252 e. The number of pyridine rings is 2. The Balaban J connectivity index is 0.956. The summed E-state index contributed by atoms with van der Waals surface area (Å²) < 4.78 is 52.8. The number of benzene rings is 14. The number of hydrogen-bond donors (Lipinski definition) is 0. The van der Waals surface area contributed by atoms with Gasteiger partial charge in [0.1, 0.15) is 0 Å². The molecule has 101 heavy (non-hydrogen) atoms. The van der Waals surface area contributed by atoms with Gasteiger partial charge in [-0.05, 0) is 145 Å². The maximum atomic E-state index is 10.0. The van der Waals surface area contributed by atoms with Crippen LogP contribution in [0.25, 0.3) is 133 Å². The van der Waals surface area contributed by atoms with Crippen LogP contribution in [0.15, 0.2) is 370 Å². The molecule has 18 aromatic rings. The summed E-state index contributed by atoms with van der Waals surface area (Å²) in [5.41, 5.74) is 26.1. The van der Waals surface area contributed by atoms with E-state index in [1.54, 1.807) is 0 Å². The highest BCUT2D eigenvalue weighted by Gasteiger charge is 2.46. The first-order valence-corrected chi connectivity index (χ1v) is 34.2. The molecule has 2 aliphatic heterocycles. The van der Waals surface area contributed by atoms with E-state index in [2.05, 4.69) is 310 Å².